The van der Waals surface area contributed by atoms with E-state index in [0.29, 0.717) is 0 Å². The van der Waals surface area contributed by atoms with Crippen LogP contribution in [0.3, 0.4) is 0 Å². The van der Waals surface area contributed by atoms with Gasteiger partial charge < -0.3 is 14.8 Å². The van der Waals surface area contributed by atoms with E-state index in [4.69, 9.17) is 5.11 Å². The maximum absolute atomic E-state index is 8.64. The molecule has 0 aromatic heterocycles. The highest BCUT2D eigenvalue weighted by molar-refractivity contribution is 5.85. The molecule has 0 aliphatic heterocycles. The molecule has 10 heavy (non-hydrogen) atoms. The van der Waals surface area contributed by atoms with Gasteiger partial charge in [-0.2, -0.15) is 0 Å². The maximum Gasteiger partial charge on any atom is 0.105 e. The van der Waals surface area contributed by atoms with Crippen LogP contribution in [-0.4, -0.2) is 24.4 Å². The Bertz CT molecular complexity index is 53.0. The first kappa shape index (κ1) is 16.8. The molecule has 0 spiro atoms. The molecule has 0 aromatic rings. The zero-order valence-electron chi connectivity index (χ0n) is 5.23. The number of halogens is 2. The Morgan fingerprint density at radius 2 is 1.40 bits per heavy atom. The van der Waals surface area contributed by atoms with Crippen molar-refractivity contribution in [3.8, 4) is 0 Å². The van der Waals surface area contributed by atoms with Crippen molar-refractivity contribution in [1.29, 1.82) is 0 Å². The Kier molecular flexibility index (Phi) is 20.3. The molecule has 5 N–H and O–H groups in total. The first-order valence-corrected chi connectivity index (χ1v) is 2.12. The third kappa shape index (κ3) is 11.2. The largest absolute Gasteiger partial charge is 0.388 e. The second-order valence-corrected chi connectivity index (χ2v) is 1.32. The van der Waals surface area contributed by atoms with E-state index in [0.717, 1.165) is 0 Å². The molecule has 0 atom stereocenters. The molecular formula is C3H12Cl2N2O3. The molecule has 0 rings (SSSR count). The van der Waals surface area contributed by atoms with Gasteiger partial charge in [-0.05, 0) is 0 Å². The summed E-state index contributed by atoms with van der Waals surface area (Å²) in [5, 5.41) is 8.64. The SMILES string of the molecule is Cl.Cl.NOCC(O)CON. The normalized spacial score (nSPS) is 8.40. The second kappa shape index (κ2) is 12.1. The Morgan fingerprint density at radius 3 is 1.60 bits per heavy atom. The van der Waals surface area contributed by atoms with E-state index in [-0.39, 0.29) is 38.0 Å². The van der Waals surface area contributed by atoms with Gasteiger partial charge in [-0.25, -0.2) is 11.8 Å². The van der Waals surface area contributed by atoms with Crippen molar-refractivity contribution in [1.82, 2.24) is 0 Å². The fourth-order valence-corrected chi connectivity index (χ4v) is 0.270. The monoisotopic (exact) mass is 194 g/mol. The van der Waals surface area contributed by atoms with Crippen molar-refractivity contribution >= 4 is 24.8 Å². The van der Waals surface area contributed by atoms with Gasteiger partial charge in [0, 0.05) is 0 Å². The first-order valence-electron chi connectivity index (χ1n) is 2.12. The Balaban J connectivity index is -0.000000245. The summed E-state index contributed by atoms with van der Waals surface area (Å²) < 4.78 is 0. The van der Waals surface area contributed by atoms with Crippen molar-refractivity contribution in [2.24, 2.45) is 11.8 Å². The smallest absolute Gasteiger partial charge is 0.105 e. The average molecular weight is 195 g/mol. The minimum absolute atomic E-state index is 0. The van der Waals surface area contributed by atoms with E-state index >= 15 is 0 Å². The lowest BCUT2D eigenvalue weighted by Crippen LogP contribution is -2.24. The number of aliphatic hydroxyl groups is 1. The van der Waals surface area contributed by atoms with Crippen molar-refractivity contribution in [2.75, 3.05) is 13.2 Å². The van der Waals surface area contributed by atoms with Crippen molar-refractivity contribution in [2.45, 2.75) is 6.10 Å². The zero-order valence-corrected chi connectivity index (χ0v) is 6.86. The summed E-state index contributed by atoms with van der Waals surface area (Å²) in [7, 11) is 0. The van der Waals surface area contributed by atoms with Gasteiger partial charge in [-0.3, -0.25) is 0 Å². The minimum Gasteiger partial charge on any atom is -0.388 e. The Labute approximate surface area is 71.4 Å². The summed E-state index contributed by atoms with van der Waals surface area (Å²) in [4.78, 5) is 8.14. The topological polar surface area (TPSA) is 90.7 Å². The fraction of sp³-hybridized carbons (Fsp3) is 1.00. The predicted molar refractivity (Wildman–Crippen MR) is 40.8 cm³/mol. The molecule has 0 saturated heterocycles. The van der Waals surface area contributed by atoms with Crippen LogP contribution >= 0.6 is 24.8 Å². The first-order chi connectivity index (χ1) is 3.81. The highest BCUT2D eigenvalue weighted by Crippen LogP contribution is 1.79. The van der Waals surface area contributed by atoms with E-state index in [2.05, 4.69) is 21.5 Å². The van der Waals surface area contributed by atoms with Crippen LogP contribution in [0.25, 0.3) is 0 Å². The van der Waals surface area contributed by atoms with Gasteiger partial charge in [0.05, 0.1) is 13.2 Å². The molecule has 0 heterocycles. The maximum atomic E-state index is 8.64. The van der Waals surface area contributed by atoms with Crippen molar-refractivity contribution in [3.05, 3.63) is 0 Å². The second-order valence-electron chi connectivity index (χ2n) is 1.32. The zero-order chi connectivity index (χ0) is 6.41. The van der Waals surface area contributed by atoms with Gasteiger partial charge >= 0.3 is 0 Å². The molecule has 7 heteroatoms. The molecule has 0 saturated carbocycles. The van der Waals surface area contributed by atoms with E-state index in [9.17, 15) is 0 Å². The number of hydrogen-bond acceptors (Lipinski definition) is 5. The van der Waals surface area contributed by atoms with Crippen molar-refractivity contribution in [3.63, 3.8) is 0 Å². The van der Waals surface area contributed by atoms with Crippen LogP contribution in [0.5, 0.6) is 0 Å². The molecule has 0 radical (unpaired) electrons. The molecule has 0 bridgehead atoms. The van der Waals surface area contributed by atoms with E-state index < -0.39 is 6.10 Å². The van der Waals surface area contributed by atoms with Crippen LogP contribution in [-0.2, 0) is 9.68 Å². The van der Waals surface area contributed by atoms with Gasteiger partial charge in [0.25, 0.3) is 0 Å². The molecule has 0 unspecified atom stereocenters. The van der Waals surface area contributed by atoms with Crippen LogP contribution in [0.15, 0.2) is 0 Å². The lowest BCUT2D eigenvalue weighted by atomic mass is 10.4. The molecule has 66 valence electrons. The summed E-state index contributed by atoms with van der Waals surface area (Å²) in [5.41, 5.74) is 0. The molecule has 0 amide bonds. The minimum atomic E-state index is -0.731. The van der Waals surface area contributed by atoms with Gasteiger partial charge in [0.2, 0.25) is 0 Å². The molecular weight excluding hydrogens is 183 g/mol. The predicted octanol–water partition coefficient (Wildman–Crippen LogP) is -1.03. The fourth-order valence-electron chi connectivity index (χ4n) is 0.270. The summed E-state index contributed by atoms with van der Waals surface area (Å²) in [6.07, 6.45) is -0.731. The average Bonchev–Trinajstić information content (AvgIpc) is 1.68. The molecule has 0 aliphatic rings. The summed E-state index contributed by atoms with van der Waals surface area (Å²) in [6.45, 7) is 0.0778. The standard InChI is InChI=1S/C3H10N2O3.2ClH/c4-7-1-3(6)2-8-5;;/h3,6H,1-2,4-5H2;2*1H. The molecule has 5 nitrogen and oxygen atoms in total. The Morgan fingerprint density at radius 1 is 1.10 bits per heavy atom. The van der Waals surface area contributed by atoms with Crippen LogP contribution in [0.1, 0.15) is 0 Å². The van der Waals surface area contributed by atoms with Crippen LogP contribution in [0, 0.1) is 0 Å². The highest BCUT2D eigenvalue weighted by Gasteiger charge is 2.00. The third-order valence-corrected chi connectivity index (χ3v) is 0.577. The van der Waals surface area contributed by atoms with Gasteiger partial charge in [0.1, 0.15) is 6.10 Å². The van der Waals surface area contributed by atoms with Crippen LogP contribution < -0.4 is 11.8 Å². The van der Waals surface area contributed by atoms with E-state index in [1.165, 1.54) is 0 Å². The van der Waals surface area contributed by atoms with E-state index in [1.807, 2.05) is 0 Å². The van der Waals surface area contributed by atoms with Gasteiger partial charge in [0.15, 0.2) is 0 Å². The van der Waals surface area contributed by atoms with Crippen LogP contribution in [0.4, 0.5) is 0 Å². The number of aliphatic hydroxyl groups excluding tert-OH is 1. The highest BCUT2D eigenvalue weighted by atomic mass is 35.5. The number of nitrogens with two attached hydrogens (primary N) is 2. The third-order valence-electron chi connectivity index (χ3n) is 0.577. The van der Waals surface area contributed by atoms with Gasteiger partial charge in [-0.1, -0.05) is 0 Å². The molecule has 0 fully saturated rings. The summed E-state index contributed by atoms with van der Waals surface area (Å²) in [5.74, 6) is 9.21. The summed E-state index contributed by atoms with van der Waals surface area (Å²) in [6, 6.07) is 0. The van der Waals surface area contributed by atoms with Gasteiger partial charge in [-0.15, -0.1) is 24.8 Å². The number of hydrogen-bond donors (Lipinski definition) is 3. The lowest BCUT2D eigenvalue weighted by Gasteiger charge is -2.04. The summed E-state index contributed by atoms with van der Waals surface area (Å²) >= 11 is 0. The van der Waals surface area contributed by atoms with Crippen molar-refractivity contribution < 1.29 is 14.8 Å². The quantitative estimate of drug-likeness (QED) is 0.499. The molecule has 0 aliphatic carbocycles. The number of rotatable bonds is 4. The Hall–Kier alpha value is 0.380. The molecule has 0 aromatic carbocycles. The lowest BCUT2D eigenvalue weighted by molar-refractivity contribution is -0.0200. The van der Waals surface area contributed by atoms with Crippen LogP contribution in [0.2, 0.25) is 0 Å². The van der Waals surface area contributed by atoms with E-state index in [1.54, 1.807) is 0 Å².